The number of nitrogens with one attached hydrogen (secondary N) is 2. The number of para-hydroxylation sites is 1. The van der Waals surface area contributed by atoms with E-state index in [9.17, 15) is 4.79 Å². The number of carbonyl (C=O) groups excluding carboxylic acids is 1. The summed E-state index contributed by atoms with van der Waals surface area (Å²) < 4.78 is 11.1. The third-order valence-electron chi connectivity index (χ3n) is 4.36. The van der Waals surface area contributed by atoms with Crippen LogP contribution in [0.4, 0.5) is 0 Å². The Bertz CT molecular complexity index is 901. The molecule has 0 unspecified atom stereocenters. The van der Waals surface area contributed by atoms with Crippen LogP contribution in [-0.4, -0.2) is 30.6 Å². The average molecular weight is 336 g/mol. The van der Waals surface area contributed by atoms with Gasteiger partial charge in [0.1, 0.15) is 13.2 Å². The molecule has 0 aliphatic carbocycles. The molecule has 0 atom stereocenters. The van der Waals surface area contributed by atoms with Gasteiger partial charge in [0.05, 0.1) is 6.42 Å². The zero-order chi connectivity index (χ0) is 17.1. The number of hydrogen-bond donors (Lipinski definition) is 2. The monoisotopic (exact) mass is 336 g/mol. The van der Waals surface area contributed by atoms with E-state index in [-0.39, 0.29) is 5.91 Å². The molecule has 2 N–H and O–H groups in total. The Morgan fingerprint density at radius 1 is 1.08 bits per heavy atom. The maximum atomic E-state index is 12.2. The molecule has 5 heteroatoms. The first-order valence-electron chi connectivity index (χ1n) is 8.50. The van der Waals surface area contributed by atoms with E-state index in [0.29, 0.717) is 26.2 Å². The van der Waals surface area contributed by atoms with Crippen LogP contribution in [-0.2, 0) is 17.6 Å². The van der Waals surface area contributed by atoms with Gasteiger partial charge in [-0.15, -0.1) is 0 Å². The normalized spacial score (nSPS) is 13.0. The zero-order valence-electron chi connectivity index (χ0n) is 13.9. The molecule has 1 aliphatic heterocycles. The highest BCUT2D eigenvalue weighted by Gasteiger charge is 2.13. The van der Waals surface area contributed by atoms with Gasteiger partial charge in [-0.25, -0.2) is 0 Å². The van der Waals surface area contributed by atoms with Crippen molar-refractivity contribution in [1.29, 1.82) is 0 Å². The predicted octanol–water partition coefficient (Wildman–Crippen LogP) is 2.84. The SMILES string of the molecule is O=C(Cc1ccc2c(c1)OCCO2)NCCc1c[nH]c2ccccc12. The number of fused-ring (bicyclic) bond motifs is 2. The fourth-order valence-corrected chi connectivity index (χ4v) is 3.12. The Morgan fingerprint density at radius 2 is 1.92 bits per heavy atom. The highest BCUT2D eigenvalue weighted by molar-refractivity contribution is 5.83. The highest BCUT2D eigenvalue weighted by Crippen LogP contribution is 2.30. The molecular formula is C20H20N2O3. The molecule has 0 saturated carbocycles. The number of amides is 1. The summed E-state index contributed by atoms with van der Waals surface area (Å²) >= 11 is 0. The summed E-state index contributed by atoms with van der Waals surface area (Å²) in [4.78, 5) is 15.4. The molecule has 3 aromatic rings. The largest absolute Gasteiger partial charge is 0.486 e. The summed E-state index contributed by atoms with van der Waals surface area (Å²) in [6, 6.07) is 13.8. The van der Waals surface area contributed by atoms with Crippen molar-refractivity contribution in [2.24, 2.45) is 0 Å². The molecule has 0 saturated heterocycles. The Kier molecular flexibility index (Phi) is 4.29. The maximum absolute atomic E-state index is 12.2. The van der Waals surface area contributed by atoms with E-state index in [1.54, 1.807) is 0 Å². The van der Waals surface area contributed by atoms with Gasteiger partial charge < -0.3 is 19.8 Å². The minimum atomic E-state index is 0.0107. The molecule has 25 heavy (non-hydrogen) atoms. The summed E-state index contributed by atoms with van der Waals surface area (Å²) in [5.41, 5.74) is 3.27. The van der Waals surface area contributed by atoms with Crippen LogP contribution in [0, 0.1) is 0 Å². The lowest BCUT2D eigenvalue weighted by Gasteiger charge is -2.18. The minimum absolute atomic E-state index is 0.0107. The van der Waals surface area contributed by atoms with Gasteiger partial charge in [0.2, 0.25) is 5.91 Å². The average Bonchev–Trinajstić information content (AvgIpc) is 3.05. The Hall–Kier alpha value is -2.95. The van der Waals surface area contributed by atoms with Crippen LogP contribution in [0.25, 0.3) is 10.9 Å². The van der Waals surface area contributed by atoms with Crippen LogP contribution in [0.15, 0.2) is 48.7 Å². The van der Waals surface area contributed by atoms with E-state index in [1.165, 1.54) is 10.9 Å². The van der Waals surface area contributed by atoms with Crippen LogP contribution in [0.1, 0.15) is 11.1 Å². The lowest BCUT2D eigenvalue weighted by molar-refractivity contribution is -0.120. The molecule has 1 aromatic heterocycles. The van der Waals surface area contributed by atoms with Crippen molar-refractivity contribution in [2.45, 2.75) is 12.8 Å². The molecule has 0 bridgehead atoms. The van der Waals surface area contributed by atoms with Crippen molar-refractivity contribution >= 4 is 16.8 Å². The molecule has 0 fully saturated rings. The fourth-order valence-electron chi connectivity index (χ4n) is 3.12. The first-order chi connectivity index (χ1) is 12.3. The van der Waals surface area contributed by atoms with E-state index in [4.69, 9.17) is 9.47 Å². The quantitative estimate of drug-likeness (QED) is 0.753. The van der Waals surface area contributed by atoms with Gasteiger partial charge in [-0.3, -0.25) is 4.79 Å². The van der Waals surface area contributed by atoms with Gasteiger partial charge in [-0.2, -0.15) is 0 Å². The van der Waals surface area contributed by atoms with Gasteiger partial charge in [0.15, 0.2) is 11.5 Å². The van der Waals surface area contributed by atoms with E-state index in [2.05, 4.69) is 22.4 Å². The molecular weight excluding hydrogens is 316 g/mol. The second-order valence-corrected chi connectivity index (χ2v) is 6.11. The van der Waals surface area contributed by atoms with Gasteiger partial charge in [0.25, 0.3) is 0 Å². The van der Waals surface area contributed by atoms with Crippen molar-refractivity contribution in [1.82, 2.24) is 10.3 Å². The number of benzene rings is 2. The molecule has 4 rings (SSSR count). The van der Waals surface area contributed by atoms with E-state index >= 15 is 0 Å². The topological polar surface area (TPSA) is 63.4 Å². The summed E-state index contributed by atoms with van der Waals surface area (Å²) in [7, 11) is 0. The lowest BCUT2D eigenvalue weighted by atomic mass is 10.1. The van der Waals surface area contributed by atoms with Crippen molar-refractivity contribution in [2.75, 3.05) is 19.8 Å². The molecule has 2 aromatic carbocycles. The highest BCUT2D eigenvalue weighted by atomic mass is 16.6. The van der Waals surface area contributed by atoms with Gasteiger partial charge in [-0.1, -0.05) is 24.3 Å². The standard InChI is InChI=1S/C20H20N2O3/c23-20(12-14-5-6-18-19(11-14)25-10-9-24-18)21-8-7-15-13-22-17-4-2-1-3-16(15)17/h1-6,11,13,22H,7-10,12H2,(H,21,23). The summed E-state index contributed by atoms with van der Waals surface area (Å²) in [5.74, 6) is 1.47. The maximum Gasteiger partial charge on any atom is 0.224 e. The molecule has 1 aliphatic rings. The Balaban J connectivity index is 1.32. The lowest BCUT2D eigenvalue weighted by Crippen LogP contribution is -2.27. The number of rotatable bonds is 5. The molecule has 128 valence electrons. The predicted molar refractivity (Wildman–Crippen MR) is 96.1 cm³/mol. The third kappa shape index (κ3) is 3.45. The minimum Gasteiger partial charge on any atom is -0.486 e. The Morgan fingerprint density at radius 3 is 2.84 bits per heavy atom. The van der Waals surface area contributed by atoms with Crippen LogP contribution in [0.2, 0.25) is 0 Å². The number of H-pyrrole nitrogens is 1. The number of carbonyl (C=O) groups is 1. The molecule has 0 radical (unpaired) electrons. The van der Waals surface area contributed by atoms with Crippen molar-refractivity contribution < 1.29 is 14.3 Å². The fraction of sp³-hybridized carbons (Fsp3) is 0.250. The first-order valence-corrected chi connectivity index (χ1v) is 8.50. The second kappa shape index (κ2) is 6.89. The summed E-state index contributed by atoms with van der Waals surface area (Å²) in [6.07, 6.45) is 3.15. The zero-order valence-corrected chi connectivity index (χ0v) is 13.9. The van der Waals surface area contributed by atoms with Crippen LogP contribution >= 0.6 is 0 Å². The smallest absolute Gasteiger partial charge is 0.224 e. The number of aromatic nitrogens is 1. The number of ether oxygens (including phenoxy) is 2. The van der Waals surface area contributed by atoms with Crippen LogP contribution < -0.4 is 14.8 Å². The van der Waals surface area contributed by atoms with Gasteiger partial charge in [0, 0.05) is 23.6 Å². The Labute approximate surface area is 146 Å². The molecule has 0 spiro atoms. The molecule has 2 heterocycles. The summed E-state index contributed by atoms with van der Waals surface area (Å²) in [6.45, 7) is 1.74. The van der Waals surface area contributed by atoms with Crippen molar-refractivity contribution in [3.05, 3.63) is 59.8 Å². The van der Waals surface area contributed by atoms with Crippen molar-refractivity contribution in [3.8, 4) is 11.5 Å². The number of hydrogen-bond acceptors (Lipinski definition) is 3. The first kappa shape index (κ1) is 15.6. The summed E-state index contributed by atoms with van der Waals surface area (Å²) in [5, 5.41) is 4.20. The van der Waals surface area contributed by atoms with Gasteiger partial charge in [-0.05, 0) is 35.7 Å². The van der Waals surface area contributed by atoms with Crippen LogP contribution in [0.3, 0.4) is 0 Å². The van der Waals surface area contributed by atoms with Crippen LogP contribution in [0.5, 0.6) is 11.5 Å². The van der Waals surface area contributed by atoms with E-state index in [1.807, 2.05) is 36.5 Å². The van der Waals surface area contributed by atoms with Gasteiger partial charge >= 0.3 is 0 Å². The molecule has 1 amide bonds. The van der Waals surface area contributed by atoms with E-state index < -0.39 is 0 Å². The molecule has 5 nitrogen and oxygen atoms in total. The van der Waals surface area contributed by atoms with Crippen molar-refractivity contribution in [3.63, 3.8) is 0 Å². The second-order valence-electron chi connectivity index (χ2n) is 6.11. The third-order valence-corrected chi connectivity index (χ3v) is 4.36. The number of aromatic amines is 1. The van der Waals surface area contributed by atoms with E-state index in [0.717, 1.165) is 29.0 Å².